The SMILES string of the molecule is C/C(=C\c1cncc(Cl)c1N)C(=O)O. The van der Waals surface area contributed by atoms with Crippen LogP contribution in [0.3, 0.4) is 0 Å². The van der Waals surface area contributed by atoms with Crippen molar-refractivity contribution in [1.29, 1.82) is 0 Å². The number of carbonyl (C=O) groups is 1. The molecule has 4 nitrogen and oxygen atoms in total. The average Bonchev–Trinajstić information content (AvgIpc) is 2.12. The van der Waals surface area contributed by atoms with Gasteiger partial charge in [-0.05, 0) is 13.0 Å². The molecule has 0 aliphatic heterocycles. The first kappa shape index (κ1) is 10.5. The van der Waals surface area contributed by atoms with E-state index in [4.69, 9.17) is 22.4 Å². The highest BCUT2D eigenvalue weighted by Crippen LogP contribution is 2.22. The number of nitrogen functional groups attached to an aromatic ring is 1. The van der Waals surface area contributed by atoms with Crippen molar-refractivity contribution < 1.29 is 9.90 Å². The topological polar surface area (TPSA) is 76.2 Å². The summed E-state index contributed by atoms with van der Waals surface area (Å²) in [6.07, 6.45) is 4.30. The summed E-state index contributed by atoms with van der Waals surface area (Å²) in [4.78, 5) is 14.3. The van der Waals surface area contributed by atoms with Gasteiger partial charge >= 0.3 is 5.97 Å². The van der Waals surface area contributed by atoms with Crippen molar-refractivity contribution >= 4 is 29.3 Å². The summed E-state index contributed by atoms with van der Waals surface area (Å²) in [5, 5.41) is 8.96. The monoisotopic (exact) mass is 212 g/mol. The van der Waals surface area contributed by atoms with Gasteiger partial charge in [-0.15, -0.1) is 0 Å². The summed E-state index contributed by atoms with van der Waals surface area (Å²) in [6.45, 7) is 1.47. The summed E-state index contributed by atoms with van der Waals surface area (Å²) in [6, 6.07) is 0. The molecular weight excluding hydrogens is 204 g/mol. The van der Waals surface area contributed by atoms with Crippen LogP contribution in [0.2, 0.25) is 5.02 Å². The molecule has 3 N–H and O–H groups in total. The third-order valence-electron chi connectivity index (χ3n) is 1.68. The number of aliphatic carboxylic acids is 1. The Hall–Kier alpha value is -1.55. The van der Waals surface area contributed by atoms with Gasteiger partial charge in [0.2, 0.25) is 0 Å². The van der Waals surface area contributed by atoms with Crippen LogP contribution >= 0.6 is 11.6 Å². The average molecular weight is 213 g/mol. The number of hydrogen-bond acceptors (Lipinski definition) is 3. The number of hydrogen-bond donors (Lipinski definition) is 2. The van der Waals surface area contributed by atoms with Gasteiger partial charge in [-0.1, -0.05) is 11.6 Å². The highest BCUT2D eigenvalue weighted by molar-refractivity contribution is 6.33. The lowest BCUT2D eigenvalue weighted by atomic mass is 10.1. The third kappa shape index (κ3) is 2.23. The summed E-state index contributed by atoms with van der Waals surface area (Å²) >= 11 is 5.71. The van der Waals surface area contributed by atoms with Gasteiger partial charge in [0, 0.05) is 23.5 Å². The van der Waals surface area contributed by atoms with Crippen molar-refractivity contribution in [2.75, 3.05) is 5.73 Å². The molecule has 0 aliphatic carbocycles. The van der Waals surface area contributed by atoms with E-state index in [2.05, 4.69) is 4.98 Å². The molecule has 0 radical (unpaired) electrons. The third-order valence-corrected chi connectivity index (χ3v) is 1.98. The molecule has 0 unspecified atom stereocenters. The van der Waals surface area contributed by atoms with Crippen molar-refractivity contribution in [3.63, 3.8) is 0 Å². The van der Waals surface area contributed by atoms with E-state index in [1.165, 1.54) is 25.4 Å². The molecular formula is C9H9ClN2O2. The van der Waals surface area contributed by atoms with Crippen LogP contribution in [0.25, 0.3) is 6.08 Å². The van der Waals surface area contributed by atoms with Crippen LogP contribution in [0.4, 0.5) is 5.69 Å². The fraction of sp³-hybridized carbons (Fsp3) is 0.111. The van der Waals surface area contributed by atoms with E-state index in [9.17, 15) is 4.79 Å². The van der Waals surface area contributed by atoms with Crippen LogP contribution < -0.4 is 5.73 Å². The van der Waals surface area contributed by atoms with Gasteiger partial charge in [0.1, 0.15) is 0 Å². The van der Waals surface area contributed by atoms with E-state index >= 15 is 0 Å². The second-order valence-corrected chi connectivity index (χ2v) is 3.16. The first-order valence-corrected chi connectivity index (χ1v) is 4.20. The van der Waals surface area contributed by atoms with Crippen LogP contribution in [0.5, 0.6) is 0 Å². The Morgan fingerprint density at radius 1 is 1.64 bits per heavy atom. The Balaban J connectivity index is 3.15. The van der Waals surface area contributed by atoms with Gasteiger partial charge in [-0.3, -0.25) is 4.98 Å². The Labute approximate surface area is 86.0 Å². The standard InChI is InChI=1S/C9H9ClN2O2/c1-5(9(13)14)2-6-3-12-4-7(10)8(6)11/h2-4H,1H3,(H2,11,12)(H,13,14)/b5-2+. The first-order chi connectivity index (χ1) is 6.52. The summed E-state index contributed by atoms with van der Waals surface area (Å²) in [7, 11) is 0. The van der Waals surface area contributed by atoms with Crippen molar-refractivity contribution in [3.05, 3.63) is 28.6 Å². The Morgan fingerprint density at radius 2 is 2.29 bits per heavy atom. The lowest BCUT2D eigenvalue weighted by molar-refractivity contribution is -0.132. The minimum Gasteiger partial charge on any atom is -0.478 e. The quantitative estimate of drug-likeness (QED) is 0.733. The van der Waals surface area contributed by atoms with Gasteiger partial charge in [-0.25, -0.2) is 4.79 Å². The molecule has 5 heteroatoms. The van der Waals surface area contributed by atoms with E-state index < -0.39 is 5.97 Å². The van der Waals surface area contributed by atoms with Gasteiger partial charge < -0.3 is 10.8 Å². The van der Waals surface area contributed by atoms with Gasteiger partial charge in [0.25, 0.3) is 0 Å². The molecule has 0 bridgehead atoms. The normalized spacial score (nSPS) is 11.4. The molecule has 74 valence electrons. The van der Waals surface area contributed by atoms with E-state index in [1.807, 2.05) is 0 Å². The van der Waals surface area contributed by atoms with Gasteiger partial charge in [0.15, 0.2) is 0 Å². The van der Waals surface area contributed by atoms with E-state index in [1.54, 1.807) is 0 Å². The fourth-order valence-corrected chi connectivity index (χ4v) is 1.04. The second-order valence-electron chi connectivity index (χ2n) is 2.76. The summed E-state index contributed by atoms with van der Waals surface area (Å²) < 4.78 is 0. The number of aromatic nitrogens is 1. The first-order valence-electron chi connectivity index (χ1n) is 3.83. The van der Waals surface area contributed by atoms with Crippen LogP contribution in [0, 0.1) is 0 Å². The Bertz CT molecular complexity index is 402. The number of pyridine rings is 1. The molecule has 0 spiro atoms. The number of carboxylic acid groups (broad SMARTS) is 1. The number of rotatable bonds is 2. The fourth-order valence-electron chi connectivity index (χ4n) is 0.870. The molecule has 1 rings (SSSR count). The van der Waals surface area contributed by atoms with E-state index in [0.29, 0.717) is 16.3 Å². The van der Waals surface area contributed by atoms with Crippen LogP contribution in [-0.4, -0.2) is 16.1 Å². The largest absolute Gasteiger partial charge is 0.478 e. The maximum atomic E-state index is 10.5. The van der Waals surface area contributed by atoms with E-state index in [0.717, 1.165) is 0 Å². The molecule has 1 aromatic rings. The van der Waals surface area contributed by atoms with Crippen molar-refractivity contribution in [2.24, 2.45) is 0 Å². The molecule has 0 fully saturated rings. The Kier molecular flexibility index (Phi) is 3.09. The number of nitrogens with zero attached hydrogens (tertiary/aromatic N) is 1. The molecule has 1 aromatic heterocycles. The van der Waals surface area contributed by atoms with Crippen LogP contribution in [-0.2, 0) is 4.79 Å². The molecule has 0 saturated heterocycles. The zero-order chi connectivity index (χ0) is 10.7. The van der Waals surface area contributed by atoms with Crippen LogP contribution in [0.15, 0.2) is 18.0 Å². The Morgan fingerprint density at radius 3 is 2.86 bits per heavy atom. The lowest BCUT2D eigenvalue weighted by Crippen LogP contribution is -1.97. The summed E-state index contributed by atoms with van der Waals surface area (Å²) in [5.41, 5.74) is 6.65. The molecule has 0 saturated carbocycles. The lowest BCUT2D eigenvalue weighted by Gasteiger charge is -2.01. The number of nitrogens with two attached hydrogens (primary N) is 1. The van der Waals surface area contributed by atoms with Crippen molar-refractivity contribution in [2.45, 2.75) is 6.92 Å². The zero-order valence-electron chi connectivity index (χ0n) is 7.49. The number of anilines is 1. The van der Waals surface area contributed by atoms with Crippen molar-refractivity contribution in [3.8, 4) is 0 Å². The molecule has 1 heterocycles. The predicted octanol–water partition coefficient (Wildman–Crippen LogP) is 1.81. The van der Waals surface area contributed by atoms with Crippen LogP contribution in [0.1, 0.15) is 12.5 Å². The number of carboxylic acids is 1. The minimum atomic E-state index is -0.996. The molecule has 0 aromatic carbocycles. The van der Waals surface area contributed by atoms with E-state index in [-0.39, 0.29) is 5.57 Å². The highest BCUT2D eigenvalue weighted by atomic mass is 35.5. The van der Waals surface area contributed by atoms with Crippen molar-refractivity contribution in [1.82, 2.24) is 4.98 Å². The highest BCUT2D eigenvalue weighted by Gasteiger charge is 2.04. The van der Waals surface area contributed by atoms with Gasteiger partial charge in [0.05, 0.1) is 10.7 Å². The van der Waals surface area contributed by atoms with Gasteiger partial charge in [-0.2, -0.15) is 0 Å². The number of halogens is 1. The zero-order valence-corrected chi connectivity index (χ0v) is 8.25. The smallest absolute Gasteiger partial charge is 0.331 e. The maximum Gasteiger partial charge on any atom is 0.331 e. The molecule has 0 amide bonds. The second kappa shape index (κ2) is 4.11. The maximum absolute atomic E-state index is 10.5. The summed E-state index contributed by atoms with van der Waals surface area (Å²) in [5.74, 6) is -0.996. The molecule has 0 atom stereocenters. The predicted molar refractivity (Wildman–Crippen MR) is 54.9 cm³/mol. The minimum absolute atomic E-state index is 0.181. The molecule has 14 heavy (non-hydrogen) atoms. The molecule has 0 aliphatic rings.